The van der Waals surface area contributed by atoms with E-state index in [9.17, 15) is 0 Å². The maximum atomic E-state index is 4.19. The van der Waals surface area contributed by atoms with Crippen LogP contribution >= 0.6 is 0 Å². The highest BCUT2D eigenvalue weighted by Gasteiger charge is 2.11. The molecular weight excluding hydrogens is 238 g/mol. The second-order valence-electron chi connectivity index (χ2n) is 6.31. The summed E-state index contributed by atoms with van der Waals surface area (Å²) in [5.74, 6) is 0. The number of hydrogen-bond acceptors (Lipinski definition) is 4. The summed E-state index contributed by atoms with van der Waals surface area (Å²) in [6, 6.07) is 0.616. The zero-order valence-corrected chi connectivity index (χ0v) is 13.3. The van der Waals surface area contributed by atoms with Crippen LogP contribution in [-0.2, 0) is 13.1 Å². The Morgan fingerprint density at radius 1 is 1.42 bits per heavy atom. The van der Waals surface area contributed by atoms with Crippen LogP contribution in [-0.4, -0.2) is 45.1 Å². The molecule has 0 aliphatic rings. The second kappa shape index (κ2) is 7.01. The van der Waals surface area contributed by atoms with Gasteiger partial charge in [-0.2, -0.15) is 0 Å². The lowest BCUT2D eigenvalue weighted by Gasteiger charge is -2.22. The van der Waals surface area contributed by atoms with E-state index < -0.39 is 0 Å². The van der Waals surface area contributed by atoms with E-state index in [2.05, 4.69) is 62.2 Å². The van der Waals surface area contributed by atoms with Gasteiger partial charge in [0.05, 0.1) is 12.2 Å². The Morgan fingerprint density at radius 3 is 2.68 bits per heavy atom. The number of nitrogens with zero attached hydrogens (tertiary/aromatic N) is 4. The van der Waals surface area contributed by atoms with Crippen LogP contribution in [0.15, 0.2) is 6.20 Å². The van der Waals surface area contributed by atoms with Crippen molar-refractivity contribution in [3.8, 4) is 0 Å². The molecule has 1 heterocycles. The fraction of sp³-hybridized carbons (Fsp3) is 0.857. The highest BCUT2D eigenvalue weighted by atomic mass is 15.4. The molecule has 110 valence electrons. The third kappa shape index (κ3) is 6.16. The monoisotopic (exact) mass is 267 g/mol. The molecule has 19 heavy (non-hydrogen) atoms. The zero-order chi connectivity index (χ0) is 14.5. The van der Waals surface area contributed by atoms with Gasteiger partial charge in [0.25, 0.3) is 0 Å². The molecule has 1 aromatic heterocycles. The van der Waals surface area contributed by atoms with Gasteiger partial charge in [-0.05, 0) is 41.2 Å². The van der Waals surface area contributed by atoms with Crippen molar-refractivity contribution in [2.24, 2.45) is 0 Å². The third-order valence-corrected chi connectivity index (χ3v) is 3.41. The Kier molecular flexibility index (Phi) is 5.94. The van der Waals surface area contributed by atoms with Crippen LogP contribution < -0.4 is 5.32 Å². The lowest BCUT2D eigenvalue weighted by atomic mass is 10.1. The van der Waals surface area contributed by atoms with E-state index in [1.807, 2.05) is 10.9 Å². The van der Waals surface area contributed by atoms with Crippen LogP contribution in [0.1, 0.15) is 46.7 Å². The number of rotatable bonds is 7. The molecule has 0 saturated carbocycles. The molecule has 0 radical (unpaired) electrons. The van der Waals surface area contributed by atoms with Crippen molar-refractivity contribution in [3.63, 3.8) is 0 Å². The molecule has 0 aromatic carbocycles. The standard InChI is InChI=1S/C14H29N5/c1-7-12(2)18(6)8-9-19-11-13(16-17-19)10-15-14(3,4)5/h11-12,15H,7-10H2,1-6H3. The highest BCUT2D eigenvalue weighted by molar-refractivity contribution is 4.93. The molecule has 0 saturated heterocycles. The Hall–Kier alpha value is -0.940. The normalized spacial score (nSPS) is 14.1. The molecule has 0 bridgehead atoms. The lowest BCUT2D eigenvalue weighted by Crippen LogP contribution is -2.35. The largest absolute Gasteiger partial charge is 0.306 e. The topological polar surface area (TPSA) is 46.0 Å². The first-order valence-corrected chi connectivity index (χ1v) is 7.16. The summed E-state index contributed by atoms with van der Waals surface area (Å²) in [6.45, 7) is 13.6. The summed E-state index contributed by atoms with van der Waals surface area (Å²) in [4.78, 5) is 2.36. The van der Waals surface area contributed by atoms with Crippen LogP contribution in [0.5, 0.6) is 0 Å². The van der Waals surface area contributed by atoms with E-state index >= 15 is 0 Å². The van der Waals surface area contributed by atoms with Crippen LogP contribution in [0.25, 0.3) is 0 Å². The summed E-state index contributed by atoms with van der Waals surface area (Å²) in [5.41, 5.74) is 1.11. The Bertz CT molecular complexity index is 366. The van der Waals surface area contributed by atoms with Gasteiger partial charge in [-0.15, -0.1) is 5.10 Å². The van der Waals surface area contributed by atoms with E-state index in [-0.39, 0.29) is 5.54 Å². The van der Waals surface area contributed by atoms with Gasteiger partial charge in [0.15, 0.2) is 0 Å². The second-order valence-corrected chi connectivity index (χ2v) is 6.31. The summed E-state index contributed by atoms with van der Waals surface area (Å²) in [5, 5.41) is 11.8. The highest BCUT2D eigenvalue weighted by Crippen LogP contribution is 2.03. The number of hydrogen-bond donors (Lipinski definition) is 1. The van der Waals surface area contributed by atoms with E-state index in [4.69, 9.17) is 0 Å². The Labute approximate surface area is 117 Å². The van der Waals surface area contributed by atoms with E-state index in [1.165, 1.54) is 6.42 Å². The van der Waals surface area contributed by atoms with Crippen molar-refractivity contribution in [1.82, 2.24) is 25.2 Å². The van der Waals surface area contributed by atoms with Gasteiger partial charge < -0.3 is 10.2 Å². The third-order valence-electron chi connectivity index (χ3n) is 3.41. The quantitative estimate of drug-likeness (QED) is 0.819. The lowest BCUT2D eigenvalue weighted by molar-refractivity contribution is 0.238. The fourth-order valence-corrected chi connectivity index (χ4v) is 1.68. The minimum Gasteiger partial charge on any atom is -0.306 e. The van der Waals surface area contributed by atoms with Gasteiger partial charge in [0, 0.05) is 30.9 Å². The molecular formula is C14H29N5. The summed E-state index contributed by atoms with van der Waals surface area (Å²) in [6.07, 6.45) is 3.21. The molecule has 1 aromatic rings. The van der Waals surface area contributed by atoms with E-state index in [0.717, 1.165) is 25.3 Å². The van der Waals surface area contributed by atoms with Crippen molar-refractivity contribution >= 4 is 0 Å². The predicted octanol–water partition coefficient (Wildman–Crippen LogP) is 1.90. The fourth-order valence-electron chi connectivity index (χ4n) is 1.68. The van der Waals surface area contributed by atoms with Gasteiger partial charge in [0.2, 0.25) is 0 Å². The Morgan fingerprint density at radius 2 is 2.11 bits per heavy atom. The summed E-state index contributed by atoms with van der Waals surface area (Å²) in [7, 11) is 2.16. The van der Waals surface area contributed by atoms with Crippen molar-refractivity contribution in [2.75, 3.05) is 13.6 Å². The van der Waals surface area contributed by atoms with Crippen molar-refractivity contribution in [3.05, 3.63) is 11.9 Å². The van der Waals surface area contributed by atoms with Crippen LogP contribution in [0.4, 0.5) is 0 Å². The number of aromatic nitrogens is 3. The molecule has 0 aliphatic carbocycles. The SMILES string of the molecule is CCC(C)N(C)CCn1cc(CNC(C)(C)C)nn1. The van der Waals surface area contributed by atoms with E-state index in [0.29, 0.717) is 6.04 Å². The first-order valence-electron chi connectivity index (χ1n) is 7.16. The van der Waals surface area contributed by atoms with Crippen LogP contribution in [0.2, 0.25) is 0 Å². The predicted molar refractivity (Wildman–Crippen MR) is 79.0 cm³/mol. The maximum absolute atomic E-state index is 4.19. The number of nitrogens with one attached hydrogen (secondary N) is 1. The molecule has 5 heteroatoms. The molecule has 0 aliphatic heterocycles. The molecule has 1 unspecified atom stereocenters. The van der Waals surface area contributed by atoms with Crippen LogP contribution in [0, 0.1) is 0 Å². The molecule has 1 atom stereocenters. The molecule has 0 amide bonds. The van der Waals surface area contributed by atoms with Crippen molar-refractivity contribution < 1.29 is 0 Å². The molecule has 0 spiro atoms. The minimum absolute atomic E-state index is 0.112. The molecule has 0 fully saturated rings. The van der Waals surface area contributed by atoms with Gasteiger partial charge >= 0.3 is 0 Å². The molecule has 1 N–H and O–H groups in total. The van der Waals surface area contributed by atoms with Gasteiger partial charge in [0.1, 0.15) is 0 Å². The van der Waals surface area contributed by atoms with Gasteiger partial charge in [-0.1, -0.05) is 12.1 Å². The first kappa shape index (κ1) is 16.1. The first-order chi connectivity index (χ1) is 8.81. The smallest absolute Gasteiger partial charge is 0.0965 e. The summed E-state index contributed by atoms with van der Waals surface area (Å²) < 4.78 is 1.93. The van der Waals surface area contributed by atoms with Crippen LogP contribution in [0.3, 0.4) is 0 Å². The Balaban J connectivity index is 2.38. The van der Waals surface area contributed by atoms with Gasteiger partial charge in [-0.25, -0.2) is 0 Å². The average Bonchev–Trinajstić information content (AvgIpc) is 2.79. The molecule has 1 rings (SSSR count). The zero-order valence-electron chi connectivity index (χ0n) is 13.3. The minimum atomic E-state index is 0.112. The van der Waals surface area contributed by atoms with Crippen molar-refractivity contribution in [2.45, 2.75) is 65.7 Å². The van der Waals surface area contributed by atoms with Crippen molar-refractivity contribution in [1.29, 1.82) is 0 Å². The molecule has 5 nitrogen and oxygen atoms in total. The number of likely N-dealkylation sites (N-methyl/N-ethyl adjacent to an activating group) is 1. The van der Waals surface area contributed by atoms with Gasteiger partial charge in [-0.3, -0.25) is 4.68 Å². The maximum Gasteiger partial charge on any atom is 0.0965 e. The van der Waals surface area contributed by atoms with E-state index in [1.54, 1.807) is 0 Å². The summed E-state index contributed by atoms with van der Waals surface area (Å²) >= 11 is 0. The average molecular weight is 267 g/mol.